The molecule has 1 aliphatic rings. The molecule has 1 aromatic carbocycles. The molecule has 0 saturated carbocycles. The Morgan fingerprint density at radius 2 is 1.92 bits per heavy atom. The summed E-state index contributed by atoms with van der Waals surface area (Å²) in [6.45, 7) is 7.57. The van der Waals surface area contributed by atoms with Crippen molar-refractivity contribution in [3.8, 4) is 11.8 Å². The predicted molar refractivity (Wildman–Crippen MR) is 89.0 cm³/mol. The maximum absolute atomic E-state index is 9.34. The highest BCUT2D eigenvalue weighted by Crippen LogP contribution is 2.26. The molecule has 1 aliphatic heterocycles. The second-order valence-electron chi connectivity index (χ2n) is 6.14. The maximum Gasteiger partial charge on any atom is 0.236 e. The van der Waals surface area contributed by atoms with Crippen LogP contribution in [0.4, 0.5) is 5.88 Å². The van der Waals surface area contributed by atoms with Gasteiger partial charge >= 0.3 is 0 Å². The summed E-state index contributed by atoms with van der Waals surface area (Å²) in [5, 5.41) is 9.34. The minimum Gasteiger partial charge on any atom is -0.484 e. The predicted octanol–water partition coefficient (Wildman–Crippen LogP) is 3.05. The van der Waals surface area contributed by atoms with Gasteiger partial charge in [0.2, 0.25) is 17.5 Å². The number of anilines is 1. The van der Waals surface area contributed by atoms with Gasteiger partial charge in [-0.25, -0.2) is 0 Å². The van der Waals surface area contributed by atoms with Crippen LogP contribution in [0, 0.1) is 18.3 Å². The second kappa shape index (κ2) is 6.93. The summed E-state index contributed by atoms with van der Waals surface area (Å²) in [6.07, 6.45) is 0.162. The van der Waals surface area contributed by atoms with E-state index in [0.29, 0.717) is 30.6 Å². The van der Waals surface area contributed by atoms with E-state index in [9.17, 15) is 5.26 Å². The fourth-order valence-corrected chi connectivity index (χ4v) is 2.83. The fraction of sp³-hybridized carbons (Fsp3) is 0.444. The van der Waals surface area contributed by atoms with Crippen molar-refractivity contribution in [2.24, 2.45) is 0 Å². The number of aromatic nitrogens is 1. The van der Waals surface area contributed by atoms with Gasteiger partial charge in [0.05, 0.1) is 12.2 Å². The van der Waals surface area contributed by atoms with Crippen molar-refractivity contribution in [3.05, 3.63) is 41.4 Å². The number of morpholine rings is 1. The first-order valence-electron chi connectivity index (χ1n) is 8.05. The van der Waals surface area contributed by atoms with Crippen molar-refractivity contribution in [1.82, 2.24) is 4.98 Å². The molecule has 0 spiro atoms. The molecule has 1 fully saturated rings. The van der Waals surface area contributed by atoms with E-state index in [0.717, 1.165) is 5.75 Å². The van der Waals surface area contributed by atoms with Crippen LogP contribution in [-0.4, -0.2) is 30.3 Å². The summed E-state index contributed by atoms with van der Waals surface area (Å²) in [7, 11) is 0. The van der Waals surface area contributed by atoms with Crippen molar-refractivity contribution in [3.63, 3.8) is 0 Å². The van der Waals surface area contributed by atoms with Crippen LogP contribution < -0.4 is 9.64 Å². The Labute approximate surface area is 141 Å². The number of ether oxygens (including phenoxy) is 2. The minimum atomic E-state index is 0.0812. The molecule has 3 rings (SSSR count). The zero-order valence-corrected chi connectivity index (χ0v) is 14.2. The third kappa shape index (κ3) is 3.69. The summed E-state index contributed by atoms with van der Waals surface area (Å²) >= 11 is 0. The van der Waals surface area contributed by atoms with E-state index in [1.807, 2.05) is 49.9 Å². The maximum atomic E-state index is 9.34. The van der Waals surface area contributed by atoms with Crippen LogP contribution in [0.1, 0.15) is 31.0 Å². The zero-order chi connectivity index (χ0) is 17.1. The Morgan fingerprint density at radius 1 is 1.25 bits per heavy atom. The van der Waals surface area contributed by atoms with E-state index in [-0.39, 0.29) is 18.8 Å². The molecule has 0 aliphatic carbocycles. The summed E-state index contributed by atoms with van der Waals surface area (Å²) in [6, 6.07) is 9.86. The van der Waals surface area contributed by atoms with Crippen LogP contribution in [0.5, 0.6) is 5.75 Å². The Balaban J connectivity index is 1.73. The lowest BCUT2D eigenvalue weighted by Crippen LogP contribution is -2.45. The molecular formula is C18H21N3O3. The van der Waals surface area contributed by atoms with Gasteiger partial charge < -0.3 is 18.8 Å². The summed E-state index contributed by atoms with van der Waals surface area (Å²) < 4.78 is 17.2. The van der Waals surface area contributed by atoms with E-state index < -0.39 is 0 Å². The van der Waals surface area contributed by atoms with Crippen molar-refractivity contribution in [2.75, 3.05) is 18.0 Å². The molecule has 0 unspecified atom stereocenters. The van der Waals surface area contributed by atoms with Gasteiger partial charge in [-0.3, -0.25) is 0 Å². The van der Waals surface area contributed by atoms with Gasteiger partial charge in [-0.15, -0.1) is 0 Å². The molecule has 1 aromatic heterocycles. The quantitative estimate of drug-likeness (QED) is 0.859. The normalized spacial score (nSPS) is 20.7. The third-order valence-corrected chi connectivity index (χ3v) is 3.85. The molecule has 6 nitrogen and oxygen atoms in total. The first-order valence-corrected chi connectivity index (χ1v) is 8.05. The van der Waals surface area contributed by atoms with Crippen LogP contribution in [0.3, 0.4) is 0 Å². The fourth-order valence-electron chi connectivity index (χ4n) is 2.83. The molecule has 1 saturated heterocycles. The van der Waals surface area contributed by atoms with Gasteiger partial charge in [-0.05, 0) is 32.9 Å². The lowest BCUT2D eigenvalue weighted by Gasteiger charge is -2.34. The van der Waals surface area contributed by atoms with Gasteiger partial charge in [-0.2, -0.15) is 10.2 Å². The number of hydrogen-bond donors (Lipinski definition) is 0. The van der Waals surface area contributed by atoms with E-state index in [4.69, 9.17) is 13.9 Å². The zero-order valence-electron chi connectivity index (χ0n) is 14.2. The average Bonchev–Trinajstić information content (AvgIpc) is 2.97. The number of oxazole rings is 1. The van der Waals surface area contributed by atoms with Gasteiger partial charge in [0, 0.05) is 13.1 Å². The molecular weight excluding hydrogens is 306 g/mol. The summed E-state index contributed by atoms with van der Waals surface area (Å²) in [4.78, 5) is 6.26. The Hall–Kier alpha value is -2.52. The van der Waals surface area contributed by atoms with Gasteiger partial charge in [0.25, 0.3) is 0 Å². The minimum absolute atomic E-state index is 0.0812. The van der Waals surface area contributed by atoms with Crippen LogP contribution >= 0.6 is 0 Å². The third-order valence-electron chi connectivity index (χ3n) is 3.85. The van der Waals surface area contributed by atoms with Crippen LogP contribution in [0.15, 0.2) is 28.7 Å². The molecule has 0 N–H and O–H groups in total. The van der Waals surface area contributed by atoms with E-state index >= 15 is 0 Å². The molecule has 24 heavy (non-hydrogen) atoms. The van der Waals surface area contributed by atoms with Gasteiger partial charge in [-0.1, -0.05) is 17.7 Å². The summed E-state index contributed by atoms with van der Waals surface area (Å²) in [5.41, 5.74) is 1.46. The molecule has 6 heteroatoms. The van der Waals surface area contributed by atoms with Crippen LogP contribution in [0.25, 0.3) is 0 Å². The van der Waals surface area contributed by atoms with E-state index in [2.05, 4.69) is 11.1 Å². The van der Waals surface area contributed by atoms with Crippen molar-refractivity contribution >= 4 is 5.88 Å². The van der Waals surface area contributed by atoms with Crippen molar-refractivity contribution < 1.29 is 13.9 Å². The van der Waals surface area contributed by atoms with Crippen LogP contribution in [-0.2, 0) is 11.3 Å². The molecule has 0 amide bonds. The first kappa shape index (κ1) is 16.3. The smallest absolute Gasteiger partial charge is 0.236 e. The molecule has 2 heterocycles. The number of rotatable bonds is 4. The number of hydrogen-bond acceptors (Lipinski definition) is 6. The Bertz CT molecular complexity index is 723. The number of nitrogens with zero attached hydrogens (tertiary/aromatic N) is 3. The number of aryl methyl sites for hydroxylation is 1. The standard InChI is InChI=1S/C18H21N3O3/c1-12-4-6-15(7-5-12)22-11-17-20-16(8-19)18(24-17)21-9-13(2)23-14(3)10-21/h4-7,13-14H,9-11H2,1-3H3/t13-,14-/m1/s1. The van der Waals surface area contributed by atoms with Crippen molar-refractivity contribution in [2.45, 2.75) is 39.6 Å². The Morgan fingerprint density at radius 3 is 2.54 bits per heavy atom. The van der Waals surface area contributed by atoms with E-state index in [1.54, 1.807) is 0 Å². The SMILES string of the molecule is Cc1ccc(OCc2nc(C#N)c(N3C[C@@H](C)O[C@H](C)C3)o2)cc1. The largest absolute Gasteiger partial charge is 0.484 e. The highest BCUT2D eigenvalue weighted by molar-refractivity contribution is 5.48. The highest BCUT2D eigenvalue weighted by Gasteiger charge is 2.27. The first-order chi connectivity index (χ1) is 11.5. The molecule has 2 atom stereocenters. The number of benzene rings is 1. The lowest BCUT2D eigenvalue weighted by molar-refractivity contribution is -0.00651. The van der Waals surface area contributed by atoms with E-state index in [1.165, 1.54) is 5.56 Å². The molecule has 126 valence electrons. The molecule has 0 radical (unpaired) electrons. The average molecular weight is 327 g/mol. The number of nitriles is 1. The van der Waals surface area contributed by atoms with Gasteiger partial charge in [0.15, 0.2) is 6.61 Å². The Kier molecular flexibility index (Phi) is 4.72. The topological polar surface area (TPSA) is 71.5 Å². The molecule has 0 bridgehead atoms. The second-order valence-corrected chi connectivity index (χ2v) is 6.14. The highest BCUT2D eigenvalue weighted by atomic mass is 16.5. The molecule has 2 aromatic rings. The lowest BCUT2D eigenvalue weighted by atomic mass is 10.2. The monoisotopic (exact) mass is 327 g/mol. The van der Waals surface area contributed by atoms with Crippen molar-refractivity contribution in [1.29, 1.82) is 5.26 Å². The van der Waals surface area contributed by atoms with Crippen LogP contribution in [0.2, 0.25) is 0 Å². The van der Waals surface area contributed by atoms with Gasteiger partial charge in [0.1, 0.15) is 11.8 Å². The summed E-state index contributed by atoms with van der Waals surface area (Å²) in [5.74, 6) is 1.64.